The van der Waals surface area contributed by atoms with Gasteiger partial charge in [0.05, 0.1) is 0 Å². The molecule has 0 atom stereocenters. The quantitative estimate of drug-likeness (QED) is 0.910. The van der Waals surface area contributed by atoms with Crippen molar-refractivity contribution in [2.75, 3.05) is 31.5 Å². The van der Waals surface area contributed by atoms with E-state index in [4.69, 9.17) is 11.6 Å². The zero-order valence-corrected chi connectivity index (χ0v) is 13.2. The fraction of sp³-hybridized carbons (Fsp3) is 0.500. The molecule has 1 aliphatic heterocycles. The summed E-state index contributed by atoms with van der Waals surface area (Å²) in [6, 6.07) is 6.95. The van der Waals surface area contributed by atoms with E-state index in [1.54, 1.807) is 29.2 Å². The van der Waals surface area contributed by atoms with E-state index in [2.05, 4.69) is 5.32 Å². The minimum absolute atomic E-state index is 0.141. The number of benzene rings is 1. The van der Waals surface area contributed by atoms with Gasteiger partial charge in [-0.3, -0.25) is 4.79 Å². The number of hydrogen-bond donors (Lipinski definition) is 1. The van der Waals surface area contributed by atoms with Crippen LogP contribution in [0, 0.1) is 5.92 Å². The summed E-state index contributed by atoms with van der Waals surface area (Å²) in [6.45, 7) is 2.40. The maximum Gasteiger partial charge on any atom is 0.321 e. The molecular weight excluding hydrogens is 302 g/mol. The lowest BCUT2D eigenvalue weighted by Crippen LogP contribution is -2.53. The first-order chi connectivity index (χ1) is 10.6. The number of halogens is 1. The summed E-state index contributed by atoms with van der Waals surface area (Å²) in [4.78, 5) is 28.0. The van der Waals surface area contributed by atoms with Crippen LogP contribution in [0.2, 0.25) is 5.02 Å². The molecule has 6 heteroatoms. The largest absolute Gasteiger partial charge is 0.339 e. The number of rotatable bonds is 2. The monoisotopic (exact) mass is 321 g/mol. The molecule has 22 heavy (non-hydrogen) atoms. The van der Waals surface area contributed by atoms with Crippen molar-refractivity contribution in [2.45, 2.75) is 19.3 Å². The second-order valence-corrected chi connectivity index (χ2v) is 6.32. The number of nitrogens with one attached hydrogen (secondary N) is 1. The van der Waals surface area contributed by atoms with Gasteiger partial charge in [-0.05, 0) is 31.0 Å². The Labute approximate surface area is 135 Å². The molecule has 0 aromatic heterocycles. The fourth-order valence-corrected chi connectivity index (χ4v) is 3.00. The van der Waals surface area contributed by atoms with E-state index in [0.717, 1.165) is 12.8 Å². The minimum Gasteiger partial charge on any atom is -0.339 e. The Hall–Kier alpha value is -1.75. The topological polar surface area (TPSA) is 52.7 Å². The zero-order chi connectivity index (χ0) is 15.5. The number of nitrogens with zero attached hydrogens (tertiary/aromatic N) is 2. The van der Waals surface area contributed by atoms with Crippen LogP contribution in [-0.2, 0) is 4.79 Å². The summed E-state index contributed by atoms with van der Waals surface area (Å²) in [5.74, 6) is 0.494. The van der Waals surface area contributed by atoms with Crippen molar-refractivity contribution in [1.82, 2.24) is 9.80 Å². The summed E-state index contributed by atoms with van der Waals surface area (Å²) in [5.41, 5.74) is 0.686. The van der Waals surface area contributed by atoms with E-state index in [1.165, 1.54) is 6.42 Å². The van der Waals surface area contributed by atoms with Crippen molar-refractivity contribution in [3.05, 3.63) is 29.3 Å². The van der Waals surface area contributed by atoms with Crippen molar-refractivity contribution in [2.24, 2.45) is 5.92 Å². The van der Waals surface area contributed by atoms with E-state index in [1.807, 2.05) is 4.90 Å². The number of anilines is 1. The van der Waals surface area contributed by atoms with Gasteiger partial charge in [-0.1, -0.05) is 24.1 Å². The molecular formula is C16H20ClN3O2. The molecule has 1 saturated carbocycles. The number of urea groups is 1. The molecule has 1 aromatic carbocycles. The first-order valence-electron chi connectivity index (χ1n) is 7.74. The molecule has 1 heterocycles. The maximum absolute atomic E-state index is 12.2. The van der Waals surface area contributed by atoms with Crippen molar-refractivity contribution in [3.8, 4) is 0 Å². The van der Waals surface area contributed by atoms with Crippen molar-refractivity contribution >= 4 is 29.2 Å². The zero-order valence-electron chi connectivity index (χ0n) is 12.4. The molecule has 2 aliphatic rings. The van der Waals surface area contributed by atoms with Gasteiger partial charge in [-0.2, -0.15) is 0 Å². The smallest absolute Gasteiger partial charge is 0.321 e. The number of carbonyl (C=O) groups excluding carboxylic acids is 2. The molecule has 0 unspecified atom stereocenters. The van der Waals surface area contributed by atoms with Gasteiger partial charge in [0.2, 0.25) is 5.91 Å². The molecule has 1 aliphatic carbocycles. The highest BCUT2D eigenvalue weighted by Gasteiger charge is 2.31. The Morgan fingerprint density at radius 1 is 1.09 bits per heavy atom. The lowest BCUT2D eigenvalue weighted by atomic mass is 9.84. The Morgan fingerprint density at radius 3 is 2.36 bits per heavy atom. The van der Waals surface area contributed by atoms with Crippen LogP contribution < -0.4 is 5.32 Å². The SMILES string of the molecule is O=C(Nc1cccc(Cl)c1)N1CCN(C(=O)C2CCC2)CC1. The summed E-state index contributed by atoms with van der Waals surface area (Å²) in [6.07, 6.45) is 3.21. The molecule has 118 valence electrons. The van der Waals surface area contributed by atoms with E-state index >= 15 is 0 Å². The predicted octanol–water partition coefficient (Wildman–Crippen LogP) is 2.82. The van der Waals surface area contributed by atoms with Crippen LogP contribution >= 0.6 is 11.6 Å². The van der Waals surface area contributed by atoms with Gasteiger partial charge in [-0.25, -0.2) is 4.79 Å². The number of piperazine rings is 1. The average Bonchev–Trinajstić information content (AvgIpc) is 2.45. The second-order valence-electron chi connectivity index (χ2n) is 5.88. The van der Waals surface area contributed by atoms with Gasteiger partial charge in [0.1, 0.15) is 0 Å². The van der Waals surface area contributed by atoms with Crippen LogP contribution in [-0.4, -0.2) is 47.9 Å². The lowest BCUT2D eigenvalue weighted by Gasteiger charge is -2.38. The lowest BCUT2D eigenvalue weighted by molar-refractivity contribution is -0.139. The highest BCUT2D eigenvalue weighted by molar-refractivity contribution is 6.30. The molecule has 3 rings (SSSR count). The molecule has 3 amide bonds. The highest BCUT2D eigenvalue weighted by atomic mass is 35.5. The first kappa shape index (κ1) is 15.2. The molecule has 1 aromatic rings. The Morgan fingerprint density at radius 2 is 1.77 bits per heavy atom. The third-order valence-electron chi connectivity index (χ3n) is 4.41. The summed E-state index contributed by atoms with van der Waals surface area (Å²) in [5, 5.41) is 3.43. The summed E-state index contributed by atoms with van der Waals surface area (Å²) < 4.78 is 0. The van der Waals surface area contributed by atoms with Crippen molar-refractivity contribution < 1.29 is 9.59 Å². The molecule has 5 nitrogen and oxygen atoms in total. The van der Waals surface area contributed by atoms with Crippen LogP contribution in [0.3, 0.4) is 0 Å². The van der Waals surface area contributed by atoms with Gasteiger partial charge < -0.3 is 15.1 Å². The fourth-order valence-electron chi connectivity index (χ4n) is 2.81. The second kappa shape index (κ2) is 6.57. The minimum atomic E-state index is -0.141. The normalized spacial score (nSPS) is 18.8. The van der Waals surface area contributed by atoms with Gasteiger partial charge in [0.15, 0.2) is 0 Å². The van der Waals surface area contributed by atoms with Crippen LogP contribution in [0.1, 0.15) is 19.3 Å². The molecule has 1 saturated heterocycles. The van der Waals surface area contributed by atoms with Crippen molar-refractivity contribution in [3.63, 3.8) is 0 Å². The van der Waals surface area contributed by atoms with E-state index in [0.29, 0.717) is 36.9 Å². The molecule has 0 bridgehead atoms. The Kier molecular flexibility index (Phi) is 4.52. The molecule has 2 fully saturated rings. The summed E-state index contributed by atoms with van der Waals surface area (Å²) in [7, 11) is 0. The number of hydrogen-bond acceptors (Lipinski definition) is 2. The van der Waals surface area contributed by atoms with Crippen LogP contribution in [0.4, 0.5) is 10.5 Å². The highest BCUT2D eigenvalue weighted by Crippen LogP contribution is 2.28. The standard InChI is InChI=1S/C16H20ClN3O2/c17-13-5-2-6-14(11-13)18-16(22)20-9-7-19(8-10-20)15(21)12-3-1-4-12/h2,5-6,11-12H,1,3-4,7-10H2,(H,18,22). The van der Waals surface area contributed by atoms with Crippen molar-refractivity contribution in [1.29, 1.82) is 0 Å². The van der Waals surface area contributed by atoms with Gasteiger partial charge in [0, 0.05) is 42.8 Å². The molecule has 0 spiro atoms. The van der Waals surface area contributed by atoms with Gasteiger partial charge >= 0.3 is 6.03 Å². The Bertz CT molecular complexity index is 566. The van der Waals surface area contributed by atoms with E-state index in [-0.39, 0.29) is 17.9 Å². The van der Waals surface area contributed by atoms with Gasteiger partial charge in [-0.15, -0.1) is 0 Å². The summed E-state index contributed by atoms with van der Waals surface area (Å²) >= 11 is 5.91. The third kappa shape index (κ3) is 3.35. The maximum atomic E-state index is 12.2. The molecule has 0 radical (unpaired) electrons. The van der Waals surface area contributed by atoms with Crippen LogP contribution in [0.25, 0.3) is 0 Å². The van der Waals surface area contributed by atoms with Gasteiger partial charge in [0.25, 0.3) is 0 Å². The number of carbonyl (C=O) groups is 2. The Balaban J connectivity index is 1.50. The number of amides is 3. The van der Waals surface area contributed by atoms with E-state index in [9.17, 15) is 9.59 Å². The van der Waals surface area contributed by atoms with E-state index < -0.39 is 0 Å². The first-order valence-corrected chi connectivity index (χ1v) is 8.11. The third-order valence-corrected chi connectivity index (χ3v) is 4.64. The predicted molar refractivity (Wildman–Crippen MR) is 86.0 cm³/mol. The molecule has 1 N–H and O–H groups in total. The van der Waals surface area contributed by atoms with Crippen LogP contribution in [0.5, 0.6) is 0 Å². The average molecular weight is 322 g/mol. The van der Waals surface area contributed by atoms with Crippen LogP contribution in [0.15, 0.2) is 24.3 Å².